The van der Waals surface area contributed by atoms with Crippen molar-refractivity contribution < 1.29 is 13.3 Å². The number of benzene rings is 2. The summed E-state index contributed by atoms with van der Waals surface area (Å²) in [5.41, 5.74) is 1.01. The number of nitrogens with zero attached hydrogens (tertiary/aromatic N) is 5. The van der Waals surface area contributed by atoms with Gasteiger partial charge in [0.05, 0.1) is 16.4 Å². The summed E-state index contributed by atoms with van der Waals surface area (Å²) in [6.45, 7) is 4.87. The molecule has 0 aliphatic carbocycles. The van der Waals surface area contributed by atoms with Gasteiger partial charge in [-0.3, -0.25) is 14.7 Å². The van der Waals surface area contributed by atoms with Gasteiger partial charge in [0.1, 0.15) is 5.82 Å². The Bertz CT molecular complexity index is 1360. The van der Waals surface area contributed by atoms with Crippen LogP contribution < -0.4 is 5.69 Å². The number of hydrogen-bond acceptors (Lipinski definition) is 6. The van der Waals surface area contributed by atoms with E-state index in [0.717, 1.165) is 11.6 Å². The molecule has 0 spiro atoms. The minimum absolute atomic E-state index is 0.0437. The van der Waals surface area contributed by atoms with Gasteiger partial charge >= 0.3 is 5.69 Å². The van der Waals surface area contributed by atoms with Gasteiger partial charge in [-0.1, -0.05) is 36.4 Å². The summed E-state index contributed by atoms with van der Waals surface area (Å²) in [7, 11) is -3.88. The average molecular weight is 486 g/mol. The van der Waals surface area contributed by atoms with Gasteiger partial charge in [0, 0.05) is 37.7 Å². The fourth-order valence-electron chi connectivity index (χ4n) is 4.39. The Labute approximate surface area is 197 Å². The smallest absolute Gasteiger partial charge is 0.279 e. The summed E-state index contributed by atoms with van der Waals surface area (Å²) in [5, 5.41) is 15.7. The van der Waals surface area contributed by atoms with E-state index in [-0.39, 0.29) is 35.3 Å². The largest absolute Gasteiger partial charge is 0.346 e. The third-order valence-corrected chi connectivity index (χ3v) is 8.30. The van der Waals surface area contributed by atoms with E-state index in [1.807, 2.05) is 37.3 Å². The van der Waals surface area contributed by atoms with Gasteiger partial charge in [-0.2, -0.15) is 9.40 Å². The summed E-state index contributed by atoms with van der Waals surface area (Å²) in [4.78, 5) is 23.4. The number of piperidine rings is 1. The Morgan fingerprint density at radius 3 is 2.41 bits per heavy atom. The summed E-state index contributed by atoms with van der Waals surface area (Å²) in [6, 6.07) is 13.5. The molecular weight excluding hydrogens is 458 g/mol. The van der Waals surface area contributed by atoms with Gasteiger partial charge in [-0.15, -0.1) is 0 Å². The molecule has 2 heterocycles. The molecule has 0 bridgehead atoms. The molecule has 4 rings (SSSR count). The molecular formula is C23H27N5O5S. The van der Waals surface area contributed by atoms with Crippen LogP contribution in [0.5, 0.6) is 0 Å². The molecule has 34 heavy (non-hydrogen) atoms. The quantitative estimate of drug-likeness (QED) is 0.375. The Hall–Kier alpha value is -3.31. The van der Waals surface area contributed by atoms with Crippen molar-refractivity contribution in [1.29, 1.82) is 0 Å². The fourth-order valence-corrected chi connectivity index (χ4v) is 6.10. The van der Waals surface area contributed by atoms with Crippen molar-refractivity contribution in [2.24, 2.45) is 0 Å². The monoisotopic (exact) mass is 485 g/mol. The van der Waals surface area contributed by atoms with Crippen molar-refractivity contribution in [1.82, 2.24) is 18.7 Å². The van der Waals surface area contributed by atoms with E-state index in [1.165, 1.54) is 21.1 Å². The van der Waals surface area contributed by atoms with Gasteiger partial charge in [0.25, 0.3) is 5.69 Å². The predicted octanol–water partition coefficient (Wildman–Crippen LogP) is 2.90. The lowest BCUT2D eigenvalue weighted by molar-refractivity contribution is -0.385. The third-order valence-electron chi connectivity index (χ3n) is 6.26. The second kappa shape index (κ2) is 9.51. The van der Waals surface area contributed by atoms with Crippen LogP contribution in [0.2, 0.25) is 0 Å². The zero-order valence-corrected chi connectivity index (χ0v) is 19.9. The van der Waals surface area contributed by atoms with Crippen LogP contribution in [0.15, 0.2) is 58.2 Å². The van der Waals surface area contributed by atoms with E-state index >= 15 is 0 Å². The van der Waals surface area contributed by atoms with Gasteiger partial charge in [0.15, 0.2) is 0 Å². The van der Waals surface area contributed by atoms with Crippen LogP contribution >= 0.6 is 0 Å². The number of aryl methyl sites for hydroxylation is 1. The van der Waals surface area contributed by atoms with Crippen LogP contribution in [0.3, 0.4) is 0 Å². The van der Waals surface area contributed by atoms with Crippen molar-refractivity contribution >= 4 is 15.7 Å². The van der Waals surface area contributed by atoms with Crippen LogP contribution in [-0.4, -0.2) is 45.1 Å². The summed E-state index contributed by atoms with van der Waals surface area (Å²) in [6.07, 6.45) is 1.02. The first kappa shape index (κ1) is 23.8. The number of aromatic nitrogens is 3. The topological polar surface area (TPSA) is 120 Å². The van der Waals surface area contributed by atoms with Gasteiger partial charge in [0.2, 0.25) is 10.0 Å². The zero-order valence-electron chi connectivity index (χ0n) is 19.1. The Morgan fingerprint density at radius 1 is 1.12 bits per heavy atom. The van der Waals surface area contributed by atoms with Gasteiger partial charge in [-0.25, -0.2) is 17.9 Å². The Balaban J connectivity index is 1.54. The number of rotatable bonds is 7. The lowest BCUT2D eigenvalue weighted by Crippen LogP contribution is -2.38. The first-order chi connectivity index (χ1) is 16.2. The van der Waals surface area contributed by atoms with Crippen molar-refractivity contribution in [3.05, 3.63) is 86.1 Å². The minimum atomic E-state index is -3.88. The highest BCUT2D eigenvalue weighted by molar-refractivity contribution is 7.89. The van der Waals surface area contributed by atoms with E-state index in [1.54, 1.807) is 11.5 Å². The highest BCUT2D eigenvalue weighted by Gasteiger charge is 2.34. The molecule has 0 unspecified atom stereocenters. The maximum absolute atomic E-state index is 13.2. The van der Waals surface area contributed by atoms with Crippen LogP contribution in [0.1, 0.15) is 42.6 Å². The Morgan fingerprint density at radius 2 is 1.79 bits per heavy atom. The first-order valence-corrected chi connectivity index (χ1v) is 12.6. The molecule has 3 aromatic rings. The molecule has 0 radical (unpaired) electrons. The van der Waals surface area contributed by atoms with Crippen LogP contribution in [-0.2, 0) is 23.1 Å². The minimum Gasteiger partial charge on any atom is -0.279 e. The number of nitro benzene ring substituents is 1. The highest BCUT2D eigenvalue weighted by atomic mass is 32.2. The van der Waals surface area contributed by atoms with E-state index in [2.05, 4.69) is 5.10 Å². The van der Waals surface area contributed by atoms with E-state index in [9.17, 15) is 23.3 Å². The van der Waals surface area contributed by atoms with E-state index in [4.69, 9.17) is 0 Å². The van der Waals surface area contributed by atoms with Crippen LogP contribution in [0.4, 0.5) is 5.69 Å². The molecule has 1 aromatic heterocycles. The fraction of sp³-hybridized carbons (Fsp3) is 0.391. The molecule has 1 fully saturated rings. The van der Waals surface area contributed by atoms with Crippen molar-refractivity contribution in [2.45, 2.75) is 50.6 Å². The van der Waals surface area contributed by atoms with Crippen LogP contribution in [0.25, 0.3) is 0 Å². The highest BCUT2D eigenvalue weighted by Crippen LogP contribution is 2.31. The van der Waals surface area contributed by atoms with Crippen LogP contribution in [0, 0.1) is 17.0 Å². The number of non-ortho nitro benzene ring substituents is 1. The van der Waals surface area contributed by atoms with E-state index < -0.39 is 14.9 Å². The standard InChI is InChI=1S/C23H27N5O5S/c1-3-26-22(24-27(23(26)29)16-18-7-5-4-6-8-18)19-11-13-25(14-12-19)34(32,33)21-15-20(28(30)31)10-9-17(21)2/h4-10,15,19H,3,11-14,16H2,1-2H3. The molecule has 0 amide bonds. The first-order valence-electron chi connectivity index (χ1n) is 11.2. The molecule has 0 N–H and O–H groups in total. The molecule has 2 aromatic carbocycles. The maximum atomic E-state index is 13.2. The molecule has 180 valence electrons. The lowest BCUT2D eigenvalue weighted by atomic mass is 9.97. The summed E-state index contributed by atoms with van der Waals surface area (Å²) in [5.74, 6) is 0.620. The normalized spacial score (nSPS) is 15.5. The zero-order chi connectivity index (χ0) is 24.5. The average Bonchev–Trinajstić information content (AvgIpc) is 3.14. The molecule has 1 aliphatic heterocycles. The predicted molar refractivity (Wildman–Crippen MR) is 126 cm³/mol. The number of sulfonamides is 1. The second-order valence-electron chi connectivity index (χ2n) is 8.41. The van der Waals surface area contributed by atoms with Crippen molar-refractivity contribution in [3.8, 4) is 0 Å². The third kappa shape index (κ3) is 4.53. The lowest BCUT2D eigenvalue weighted by Gasteiger charge is -2.31. The summed E-state index contributed by atoms with van der Waals surface area (Å²) >= 11 is 0. The van der Waals surface area contributed by atoms with Gasteiger partial charge < -0.3 is 0 Å². The maximum Gasteiger partial charge on any atom is 0.346 e. The van der Waals surface area contributed by atoms with Crippen molar-refractivity contribution in [3.63, 3.8) is 0 Å². The molecule has 0 saturated carbocycles. The number of hydrogen-bond donors (Lipinski definition) is 0. The van der Waals surface area contributed by atoms with Crippen molar-refractivity contribution in [2.75, 3.05) is 13.1 Å². The molecule has 1 aliphatic rings. The summed E-state index contributed by atoms with van der Waals surface area (Å²) < 4.78 is 31.0. The molecule has 0 atom stereocenters. The molecule has 11 heteroatoms. The number of nitro groups is 1. The van der Waals surface area contributed by atoms with E-state index in [0.29, 0.717) is 37.3 Å². The second-order valence-corrected chi connectivity index (χ2v) is 10.3. The molecule has 10 nitrogen and oxygen atoms in total. The Kier molecular flexibility index (Phi) is 6.67. The molecule has 1 saturated heterocycles. The SMILES string of the molecule is CCn1c(C2CCN(S(=O)(=O)c3cc([N+](=O)[O-])ccc3C)CC2)nn(Cc2ccccc2)c1=O. The van der Waals surface area contributed by atoms with Gasteiger partial charge in [-0.05, 0) is 37.8 Å².